The number of hydrogen-bond acceptors (Lipinski definition) is 6. The number of fused-ring (bicyclic) bond motifs is 1. The second-order valence-corrected chi connectivity index (χ2v) is 5.66. The Morgan fingerprint density at radius 3 is 2.81 bits per heavy atom. The maximum Gasteiger partial charge on any atom is 0.352 e. The summed E-state index contributed by atoms with van der Waals surface area (Å²) in [4.78, 5) is 32.9. The van der Waals surface area contributed by atoms with Gasteiger partial charge in [0, 0.05) is 11.8 Å². The number of nitrogens with zero attached hydrogens (tertiary/aromatic N) is 3. The molecule has 0 aliphatic rings. The first-order valence-corrected chi connectivity index (χ1v) is 8.07. The van der Waals surface area contributed by atoms with Crippen molar-refractivity contribution >= 4 is 17.1 Å². The van der Waals surface area contributed by atoms with Crippen molar-refractivity contribution in [3.8, 4) is 28.3 Å². The molecule has 4 N–H and O–H groups in total. The molecular weight excluding hydrogens is 352 g/mol. The smallest absolute Gasteiger partial charge is 0.352 e. The summed E-state index contributed by atoms with van der Waals surface area (Å²) in [6.07, 6.45) is 1.61. The second kappa shape index (κ2) is 6.41. The van der Waals surface area contributed by atoms with E-state index in [1.54, 1.807) is 24.4 Å². The first-order valence-electron chi connectivity index (χ1n) is 8.07. The van der Waals surface area contributed by atoms with Gasteiger partial charge in [-0.05, 0) is 30.7 Å². The standard InChI is InChI=1S/C17H14N6O4/c1-2-27-12-6-8(9-5-11(17(25)26)18-7-9)3-4-10(12)14-19-15-13(16(24)20-14)21-23-22-15/h3-7,18H,2H2,1H3,(H,25,26)(H2,19,20,21,22,23,24). The molecule has 4 aromatic rings. The third-order valence-corrected chi connectivity index (χ3v) is 3.98. The largest absolute Gasteiger partial charge is 0.493 e. The molecule has 0 saturated heterocycles. The van der Waals surface area contributed by atoms with Gasteiger partial charge in [-0.3, -0.25) is 4.79 Å². The van der Waals surface area contributed by atoms with Gasteiger partial charge in [0.15, 0.2) is 5.52 Å². The normalized spacial score (nSPS) is 11.0. The van der Waals surface area contributed by atoms with Gasteiger partial charge in [0.2, 0.25) is 5.65 Å². The Labute approximate surface area is 151 Å². The summed E-state index contributed by atoms with van der Waals surface area (Å²) >= 11 is 0. The summed E-state index contributed by atoms with van der Waals surface area (Å²) in [5.74, 6) is -0.235. The molecule has 3 aromatic heterocycles. The number of aromatic nitrogens is 6. The van der Waals surface area contributed by atoms with E-state index in [1.807, 2.05) is 6.92 Å². The van der Waals surface area contributed by atoms with Gasteiger partial charge in [-0.15, -0.1) is 10.2 Å². The van der Waals surface area contributed by atoms with Crippen molar-refractivity contribution in [2.24, 2.45) is 0 Å². The van der Waals surface area contributed by atoms with Crippen LogP contribution in [-0.4, -0.2) is 48.0 Å². The van der Waals surface area contributed by atoms with Gasteiger partial charge in [-0.2, -0.15) is 5.21 Å². The van der Waals surface area contributed by atoms with Gasteiger partial charge in [0.05, 0.1) is 12.2 Å². The summed E-state index contributed by atoms with van der Waals surface area (Å²) < 4.78 is 5.71. The van der Waals surface area contributed by atoms with Gasteiger partial charge in [0.1, 0.15) is 17.3 Å². The van der Waals surface area contributed by atoms with Gasteiger partial charge < -0.3 is 19.8 Å². The molecule has 0 aliphatic heterocycles. The zero-order valence-corrected chi connectivity index (χ0v) is 14.1. The highest BCUT2D eigenvalue weighted by Gasteiger charge is 2.15. The molecule has 10 nitrogen and oxygen atoms in total. The minimum absolute atomic E-state index is 0.0921. The highest BCUT2D eigenvalue weighted by atomic mass is 16.5. The van der Waals surface area contributed by atoms with Crippen LogP contribution in [0, 0.1) is 0 Å². The van der Waals surface area contributed by atoms with Crippen molar-refractivity contribution in [1.29, 1.82) is 0 Å². The molecule has 0 atom stereocenters. The molecule has 0 spiro atoms. The van der Waals surface area contributed by atoms with E-state index >= 15 is 0 Å². The summed E-state index contributed by atoms with van der Waals surface area (Å²) in [5.41, 5.74) is 2.06. The van der Waals surface area contributed by atoms with Crippen LogP contribution >= 0.6 is 0 Å². The third kappa shape index (κ3) is 2.92. The molecule has 0 unspecified atom stereocenters. The number of aromatic amines is 3. The zero-order chi connectivity index (χ0) is 19.0. The van der Waals surface area contributed by atoms with Crippen LogP contribution in [0.3, 0.4) is 0 Å². The fraction of sp³-hybridized carbons (Fsp3) is 0.118. The Morgan fingerprint density at radius 1 is 1.22 bits per heavy atom. The Hall–Kier alpha value is -3.95. The van der Waals surface area contributed by atoms with E-state index in [9.17, 15) is 9.59 Å². The lowest BCUT2D eigenvalue weighted by molar-refractivity contribution is 0.0691. The first-order chi connectivity index (χ1) is 13.1. The topological polar surface area (TPSA) is 150 Å². The minimum atomic E-state index is -1.04. The van der Waals surface area contributed by atoms with E-state index < -0.39 is 11.5 Å². The molecule has 3 heterocycles. The van der Waals surface area contributed by atoms with Crippen LogP contribution < -0.4 is 10.3 Å². The van der Waals surface area contributed by atoms with Crippen LogP contribution in [-0.2, 0) is 0 Å². The number of ether oxygens (including phenoxy) is 1. The van der Waals surface area contributed by atoms with Crippen molar-refractivity contribution in [3.63, 3.8) is 0 Å². The molecule has 0 bridgehead atoms. The summed E-state index contributed by atoms with van der Waals surface area (Å²) in [6.45, 7) is 2.24. The number of carboxylic acid groups (broad SMARTS) is 1. The molecule has 0 aliphatic carbocycles. The Bertz CT molecular complexity index is 1210. The molecule has 4 rings (SSSR count). The van der Waals surface area contributed by atoms with Crippen molar-refractivity contribution in [1.82, 2.24) is 30.4 Å². The molecular formula is C17H14N6O4. The highest BCUT2D eigenvalue weighted by molar-refractivity contribution is 5.88. The number of benzene rings is 1. The fourth-order valence-corrected chi connectivity index (χ4v) is 2.74. The fourth-order valence-electron chi connectivity index (χ4n) is 2.74. The van der Waals surface area contributed by atoms with E-state index in [1.165, 1.54) is 6.07 Å². The van der Waals surface area contributed by atoms with E-state index in [0.29, 0.717) is 29.3 Å². The molecule has 0 amide bonds. The third-order valence-electron chi connectivity index (χ3n) is 3.98. The number of carbonyl (C=O) groups is 1. The highest BCUT2D eigenvalue weighted by Crippen LogP contribution is 2.33. The van der Waals surface area contributed by atoms with E-state index in [2.05, 4.69) is 30.4 Å². The maximum atomic E-state index is 12.1. The Balaban J connectivity index is 1.82. The van der Waals surface area contributed by atoms with Crippen LogP contribution in [0.5, 0.6) is 5.75 Å². The molecule has 0 saturated carbocycles. The van der Waals surface area contributed by atoms with Gasteiger partial charge in [-0.25, -0.2) is 9.78 Å². The second-order valence-electron chi connectivity index (χ2n) is 5.66. The number of rotatable bonds is 5. The number of H-pyrrole nitrogens is 3. The van der Waals surface area contributed by atoms with Crippen LogP contribution in [0.1, 0.15) is 17.4 Å². The van der Waals surface area contributed by atoms with Crippen molar-refractivity contribution in [3.05, 3.63) is 46.5 Å². The van der Waals surface area contributed by atoms with Gasteiger partial charge in [-0.1, -0.05) is 6.07 Å². The molecule has 27 heavy (non-hydrogen) atoms. The SMILES string of the molecule is CCOc1cc(-c2c[nH]c(C(=O)O)c2)ccc1-c1nc2n[nH]nc2c(=O)[nH]1. The van der Waals surface area contributed by atoms with E-state index in [-0.39, 0.29) is 16.9 Å². The summed E-state index contributed by atoms with van der Waals surface area (Å²) in [7, 11) is 0. The predicted molar refractivity (Wildman–Crippen MR) is 95.7 cm³/mol. The molecule has 0 radical (unpaired) electrons. The number of hydrogen-bond donors (Lipinski definition) is 4. The van der Waals surface area contributed by atoms with E-state index in [4.69, 9.17) is 9.84 Å². The van der Waals surface area contributed by atoms with Crippen molar-refractivity contribution in [2.75, 3.05) is 6.61 Å². The average molecular weight is 366 g/mol. The average Bonchev–Trinajstić information content (AvgIpc) is 3.31. The van der Waals surface area contributed by atoms with E-state index in [0.717, 1.165) is 5.56 Å². The van der Waals surface area contributed by atoms with Crippen LogP contribution in [0.4, 0.5) is 0 Å². The van der Waals surface area contributed by atoms with Gasteiger partial charge >= 0.3 is 5.97 Å². The Morgan fingerprint density at radius 2 is 2.07 bits per heavy atom. The van der Waals surface area contributed by atoms with Crippen LogP contribution in [0.2, 0.25) is 0 Å². The number of aromatic carboxylic acids is 1. The van der Waals surface area contributed by atoms with Crippen LogP contribution in [0.15, 0.2) is 35.3 Å². The first kappa shape index (κ1) is 16.5. The van der Waals surface area contributed by atoms with Crippen LogP contribution in [0.25, 0.3) is 33.7 Å². The lowest BCUT2D eigenvalue weighted by Crippen LogP contribution is -2.10. The van der Waals surface area contributed by atoms with Gasteiger partial charge in [0.25, 0.3) is 5.56 Å². The number of carboxylic acids is 1. The lowest BCUT2D eigenvalue weighted by Gasteiger charge is -2.11. The quantitative estimate of drug-likeness (QED) is 0.420. The number of nitrogens with one attached hydrogen (secondary N) is 3. The summed E-state index contributed by atoms with van der Waals surface area (Å²) in [5, 5.41) is 19.0. The predicted octanol–water partition coefficient (Wildman–Crippen LogP) is 1.80. The molecule has 136 valence electrons. The molecule has 1 aromatic carbocycles. The summed E-state index contributed by atoms with van der Waals surface area (Å²) in [6, 6.07) is 6.84. The van der Waals surface area contributed by atoms with Crippen molar-refractivity contribution < 1.29 is 14.6 Å². The van der Waals surface area contributed by atoms with Crippen molar-refractivity contribution in [2.45, 2.75) is 6.92 Å². The lowest BCUT2D eigenvalue weighted by atomic mass is 10.0. The zero-order valence-electron chi connectivity index (χ0n) is 14.1. The molecule has 10 heteroatoms. The Kier molecular flexibility index (Phi) is 3.92. The monoisotopic (exact) mass is 366 g/mol. The maximum absolute atomic E-state index is 12.1. The minimum Gasteiger partial charge on any atom is -0.493 e. The molecule has 0 fully saturated rings.